The van der Waals surface area contributed by atoms with Crippen molar-refractivity contribution in [2.24, 2.45) is 0 Å². The Hall–Kier alpha value is -2.71. The normalized spacial score (nSPS) is 10.9. The first-order valence-corrected chi connectivity index (χ1v) is 7.80. The molecule has 2 aromatic heterocycles. The van der Waals surface area contributed by atoms with E-state index in [4.69, 9.17) is 0 Å². The van der Waals surface area contributed by atoms with E-state index in [0.29, 0.717) is 13.1 Å². The van der Waals surface area contributed by atoms with E-state index in [1.54, 1.807) is 14.0 Å². The number of hydrogen-bond acceptors (Lipinski definition) is 5. The molecular formula is C15H22N6O3. The Morgan fingerprint density at radius 1 is 1.29 bits per heavy atom. The van der Waals surface area contributed by atoms with Gasteiger partial charge < -0.3 is 4.90 Å². The Morgan fingerprint density at radius 2 is 1.92 bits per heavy atom. The third-order valence-electron chi connectivity index (χ3n) is 4.09. The lowest BCUT2D eigenvalue weighted by atomic mass is 10.2. The van der Waals surface area contributed by atoms with Crippen molar-refractivity contribution in [3.05, 3.63) is 39.0 Å². The van der Waals surface area contributed by atoms with Crippen LogP contribution >= 0.6 is 0 Å². The molecule has 2 rings (SSSR count). The van der Waals surface area contributed by atoms with Crippen molar-refractivity contribution in [3.8, 4) is 0 Å². The molecule has 0 N–H and O–H groups in total. The first-order valence-electron chi connectivity index (χ1n) is 7.80. The van der Waals surface area contributed by atoms with Gasteiger partial charge >= 0.3 is 5.69 Å². The second-order valence-corrected chi connectivity index (χ2v) is 5.58. The lowest BCUT2D eigenvalue weighted by Crippen LogP contribution is -2.29. The maximum absolute atomic E-state index is 12.7. The first-order chi connectivity index (χ1) is 11.3. The summed E-state index contributed by atoms with van der Waals surface area (Å²) in [5.74, 6) is -0.427. The highest BCUT2D eigenvalue weighted by Gasteiger charge is 2.29. The van der Waals surface area contributed by atoms with E-state index >= 15 is 0 Å². The molecule has 0 fully saturated rings. The summed E-state index contributed by atoms with van der Waals surface area (Å²) in [5.41, 5.74) is 2.54. The van der Waals surface area contributed by atoms with Crippen LogP contribution in [0, 0.1) is 24.0 Å². The standard InChI is InChI=1S/C15H22N6O3/c1-6-19-11(4)12(10(3)17-19)9-18(5)15(22)14-13(21(23)24)8-16-20(14)7-2/h8H,6-7,9H2,1-5H3. The number of aromatic nitrogens is 4. The van der Waals surface area contributed by atoms with Gasteiger partial charge in [-0.3, -0.25) is 24.3 Å². The van der Waals surface area contributed by atoms with E-state index in [1.165, 1.54) is 9.58 Å². The smallest absolute Gasteiger partial charge is 0.320 e. The van der Waals surface area contributed by atoms with Crippen LogP contribution in [-0.4, -0.2) is 42.3 Å². The van der Waals surface area contributed by atoms with Crippen molar-refractivity contribution in [1.29, 1.82) is 0 Å². The second-order valence-electron chi connectivity index (χ2n) is 5.58. The topological polar surface area (TPSA) is 99.1 Å². The summed E-state index contributed by atoms with van der Waals surface area (Å²) in [6.45, 7) is 9.10. The molecule has 0 aromatic carbocycles. The van der Waals surface area contributed by atoms with Crippen molar-refractivity contribution in [3.63, 3.8) is 0 Å². The molecule has 0 saturated carbocycles. The van der Waals surface area contributed by atoms with E-state index in [0.717, 1.165) is 29.7 Å². The average molecular weight is 334 g/mol. The van der Waals surface area contributed by atoms with Crippen molar-refractivity contribution >= 4 is 11.6 Å². The molecule has 9 heteroatoms. The molecule has 130 valence electrons. The van der Waals surface area contributed by atoms with Crippen molar-refractivity contribution < 1.29 is 9.72 Å². The molecule has 0 spiro atoms. The van der Waals surface area contributed by atoms with E-state index < -0.39 is 10.8 Å². The van der Waals surface area contributed by atoms with E-state index in [2.05, 4.69) is 10.2 Å². The van der Waals surface area contributed by atoms with Gasteiger partial charge in [0, 0.05) is 37.9 Å². The van der Waals surface area contributed by atoms with Crippen molar-refractivity contribution in [2.45, 2.75) is 47.3 Å². The SMILES string of the molecule is CCn1nc(C)c(CN(C)C(=O)c2c([N+](=O)[O-])cnn2CC)c1C. The number of nitro groups is 1. The lowest BCUT2D eigenvalue weighted by molar-refractivity contribution is -0.385. The number of aryl methyl sites for hydroxylation is 3. The maximum atomic E-state index is 12.7. The third kappa shape index (κ3) is 3.01. The van der Waals surface area contributed by atoms with Crippen LogP contribution in [-0.2, 0) is 19.6 Å². The van der Waals surface area contributed by atoms with E-state index in [1.807, 2.05) is 25.5 Å². The van der Waals surface area contributed by atoms with Crippen LogP contribution in [0.3, 0.4) is 0 Å². The van der Waals surface area contributed by atoms with Gasteiger partial charge in [-0.25, -0.2) is 0 Å². The van der Waals surface area contributed by atoms with Crippen LogP contribution < -0.4 is 0 Å². The van der Waals surface area contributed by atoms with Gasteiger partial charge in [0.25, 0.3) is 5.91 Å². The van der Waals surface area contributed by atoms with Crippen LogP contribution in [0.15, 0.2) is 6.20 Å². The summed E-state index contributed by atoms with van der Waals surface area (Å²) in [7, 11) is 1.63. The summed E-state index contributed by atoms with van der Waals surface area (Å²) < 4.78 is 3.23. The lowest BCUT2D eigenvalue weighted by Gasteiger charge is -2.17. The Kier molecular flexibility index (Phi) is 5.01. The largest absolute Gasteiger partial charge is 0.336 e. The minimum atomic E-state index is -0.578. The van der Waals surface area contributed by atoms with Gasteiger partial charge in [0.15, 0.2) is 0 Å². The summed E-state index contributed by atoms with van der Waals surface area (Å²) in [4.78, 5) is 24.8. The summed E-state index contributed by atoms with van der Waals surface area (Å²) in [5, 5.41) is 19.5. The highest BCUT2D eigenvalue weighted by molar-refractivity contribution is 5.96. The van der Waals surface area contributed by atoms with Crippen LogP contribution in [0.1, 0.15) is 41.3 Å². The van der Waals surface area contributed by atoms with E-state index in [-0.39, 0.29) is 11.4 Å². The molecule has 0 atom stereocenters. The molecule has 9 nitrogen and oxygen atoms in total. The molecule has 2 heterocycles. The van der Waals surface area contributed by atoms with Gasteiger partial charge in [-0.1, -0.05) is 0 Å². The number of rotatable bonds is 6. The van der Waals surface area contributed by atoms with Crippen LogP contribution in [0.2, 0.25) is 0 Å². The van der Waals surface area contributed by atoms with Gasteiger partial charge in [0.1, 0.15) is 6.20 Å². The number of carbonyl (C=O) groups is 1. The van der Waals surface area contributed by atoms with Crippen LogP contribution in [0.5, 0.6) is 0 Å². The quantitative estimate of drug-likeness (QED) is 0.593. The highest BCUT2D eigenvalue weighted by Crippen LogP contribution is 2.21. The fourth-order valence-electron chi connectivity index (χ4n) is 2.73. The van der Waals surface area contributed by atoms with Gasteiger partial charge in [0.05, 0.1) is 10.6 Å². The molecule has 0 aliphatic heterocycles. The predicted octanol–water partition coefficient (Wildman–Crippen LogP) is 1.92. The molecule has 0 radical (unpaired) electrons. The van der Waals surface area contributed by atoms with Gasteiger partial charge in [-0.2, -0.15) is 10.2 Å². The van der Waals surface area contributed by atoms with Gasteiger partial charge in [-0.05, 0) is 27.7 Å². The van der Waals surface area contributed by atoms with Gasteiger partial charge in [-0.15, -0.1) is 0 Å². The Balaban J connectivity index is 2.33. The molecular weight excluding hydrogens is 312 g/mol. The zero-order valence-corrected chi connectivity index (χ0v) is 14.6. The van der Waals surface area contributed by atoms with Crippen LogP contribution in [0.25, 0.3) is 0 Å². The fraction of sp³-hybridized carbons (Fsp3) is 0.533. The Labute approximate surface area is 140 Å². The average Bonchev–Trinajstić information content (AvgIpc) is 3.09. The predicted molar refractivity (Wildman–Crippen MR) is 87.7 cm³/mol. The number of carbonyl (C=O) groups excluding carboxylic acids is 1. The molecule has 24 heavy (non-hydrogen) atoms. The van der Waals surface area contributed by atoms with Crippen LogP contribution in [0.4, 0.5) is 5.69 Å². The Morgan fingerprint density at radius 3 is 2.42 bits per heavy atom. The summed E-state index contributed by atoms with van der Waals surface area (Å²) in [6, 6.07) is 0. The monoisotopic (exact) mass is 334 g/mol. The van der Waals surface area contributed by atoms with Crippen molar-refractivity contribution in [1.82, 2.24) is 24.5 Å². The molecule has 0 bridgehead atoms. The zero-order valence-electron chi connectivity index (χ0n) is 14.6. The molecule has 0 aliphatic rings. The minimum Gasteiger partial charge on any atom is -0.336 e. The molecule has 0 aliphatic carbocycles. The zero-order chi connectivity index (χ0) is 18.0. The van der Waals surface area contributed by atoms with E-state index in [9.17, 15) is 14.9 Å². The number of nitrogens with zero attached hydrogens (tertiary/aromatic N) is 6. The Bertz CT molecular complexity index is 777. The van der Waals surface area contributed by atoms with Crippen molar-refractivity contribution in [2.75, 3.05) is 7.05 Å². The number of amides is 1. The summed E-state index contributed by atoms with van der Waals surface area (Å²) >= 11 is 0. The second kappa shape index (κ2) is 6.81. The fourth-order valence-corrected chi connectivity index (χ4v) is 2.73. The third-order valence-corrected chi connectivity index (χ3v) is 4.09. The maximum Gasteiger partial charge on any atom is 0.320 e. The van der Waals surface area contributed by atoms with Gasteiger partial charge in [0.2, 0.25) is 5.69 Å². The highest BCUT2D eigenvalue weighted by atomic mass is 16.6. The molecule has 0 saturated heterocycles. The minimum absolute atomic E-state index is 0.00295. The summed E-state index contributed by atoms with van der Waals surface area (Å²) in [6.07, 6.45) is 1.12. The molecule has 1 amide bonds. The molecule has 2 aromatic rings. The first kappa shape index (κ1) is 17.6. The molecule has 0 unspecified atom stereocenters. The number of hydrogen-bond donors (Lipinski definition) is 0.